The number of aromatic nitrogens is 1. The molecule has 1 saturated heterocycles. The molecule has 2 heterocycles. The molecular weight excluding hydrogens is 380 g/mol. The van der Waals surface area contributed by atoms with Crippen molar-refractivity contribution in [1.29, 1.82) is 5.26 Å². The third-order valence-corrected chi connectivity index (χ3v) is 6.78. The maximum atomic E-state index is 12.8. The summed E-state index contributed by atoms with van der Waals surface area (Å²) in [7, 11) is 0. The third-order valence-electron chi connectivity index (χ3n) is 6.78. The van der Waals surface area contributed by atoms with Gasteiger partial charge in [0.1, 0.15) is 5.56 Å². The maximum Gasteiger partial charge on any atom is 0.341 e. The Morgan fingerprint density at radius 2 is 2.03 bits per heavy atom. The standard InChI is InChI=1S/C23H28N4O3/c1-13-18(26-9-8-14(10-26)21(25)23(2,3)12-24)7-6-16-19(13)27(15-4-5-15)11-17(20(16)28)22(29)30/h6-7,11,14-15,21H,4-5,8-10,25H2,1-3H3,(H,29,30). The van der Waals surface area contributed by atoms with Gasteiger partial charge in [-0.25, -0.2) is 4.79 Å². The van der Waals surface area contributed by atoms with E-state index >= 15 is 0 Å². The van der Waals surface area contributed by atoms with E-state index in [0.717, 1.165) is 49.1 Å². The van der Waals surface area contributed by atoms with Gasteiger partial charge in [0.25, 0.3) is 0 Å². The number of carbonyl (C=O) groups is 1. The summed E-state index contributed by atoms with van der Waals surface area (Å²) >= 11 is 0. The second kappa shape index (κ2) is 7.13. The van der Waals surface area contributed by atoms with Gasteiger partial charge in [0.2, 0.25) is 5.43 Å². The average molecular weight is 409 g/mol. The fourth-order valence-electron chi connectivity index (χ4n) is 4.71. The number of fused-ring (bicyclic) bond motifs is 1. The SMILES string of the molecule is Cc1c(N2CCC(C(N)C(C)(C)C#N)C2)ccc2c(=O)c(C(=O)O)cn(C3CC3)c12. The smallest absolute Gasteiger partial charge is 0.341 e. The van der Waals surface area contributed by atoms with Crippen molar-refractivity contribution < 1.29 is 9.90 Å². The van der Waals surface area contributed by atoms with Crippen LogP contribution in [0.15, 0.2) is 23.1 Å². The van der Waals surface area contributed by atoms with Crippen LogP contribution in [0.2, 0.25) is 0 Å². The molecule has 3 N–H and O–H groups in total. The number of hydrogen-bond donors (Lipinski definition) is 2. The molecule has 0 spiro atoms. The molecular formula is C23H28N4O3. The van der Waals surface area contributed by atoms with Gasteiger partial charge in [-0.05, 0) is 63.6 Å². The minimum Gasteiger partial charge on any atom is -0.477 e. The Morgan fingerprint density at radius 3 is 2.63 bits per heavy atom. The van der Waals surface area contributed by atoms with Crippen molar-refractivity contribution in [3.8, 4) is 6.07 Å². The molecule has 30 heavy (non-hydrogen) atoms. The topological polar surface area (TPSA) is 112 Å². The first-order valence-corrected chi connectivity index (χ1v) is 10.5. The minimum absolute atomic E-state index is 0.174. The third kappa shape index (κ3) is 3.25. The van der Waals surface area contributed by atoms with Crippen molar-refractivity contribution >= 4 is 22.6 Å². The second-order valence-corrected chi connectivity index (χ2v) is 9.28. The fraction of sp³-hybridized carbons (Fsp3) is 0.522. The van der Waals surface area contributed by atoms with Gasteiger partial charge >= 0.3 is 5.97 Å². The van der Waals surface area contributed by atoms with E-state index in [1.165, 1.54) is 6.20 Å². The van der Waals surface area contributed by atoms with E-state index in [1.54, 1.807) is 6.07 Å². The molecule has 1 saturated carbocycles. The molecule has 2 unspecified atom stereocenters. The quantitative estimate of drug-likeness (QED) is 0.786. The minimum atomic E-state index is -1.19. The van der Waals surface area contributed by atoms with Gasteiger partial charge in [-0.3, -0.25) is 4.79 Å². The molecule has 0 amide bonds. The van der Waals surface area contributed by atoms with Crippen LogP contribution in [-0.4, -0.2) is 34.8 Å². The average Bonchev–Trinajstić information content (AvgIpc) is 3.44. The van der Waals surface area contributed by atoms with Crippen molar-refractivity contribution in [2.75, 3.05) is 18.0 Å². The molecule has 2 aromatic rings. The van der Waals surface area contributed by atoms with Crippen LogP contribution in [-0.2, 0) is 0 Å². The van der Waals surface area contributed by atoms with Gasteiger partial charge in [-0.2, -0.15) is 5.26 Å². The number of nitriles is 1. The van der Waals surface area contributed by atoms with Crippen LogP contribution < -0.4 is 16.1 Å². The number of nitrogens with two attached hydrogens (primary N) is 1. The molecule has 2 fully saturated rings. The Bertz CT molecular complexity index is 1120. The number of aryl methyl sites for hydroxylation is 1. The van der Waals surface area contributed by atoms with Crippen LogP contribution in [0.3, 0.4) is 0 Å². The largest absolute Gasteiger partial charge is 0.477 e. The molecule has 158 valence electrons. The van der Waals surface area contributed by atoms with E-state index in [1.807, 2.05) is 31.4 Å². The van der Waals surface area contributed by atoms with Crippen molar-refractivity contribution in [1.82, 2.24) is 4.57 Å². The first-order chi connectivity index (χ1) is 14.2. The number of anilines is 1. The molecule has 0 radical (unpaired) electrons. The summed E-state index contributed by atoms with van der Waals surface area (Å²) in [5.41, 5.74) is 8.10. The van der Waals surface area contributed by atoms with Crippen LogP contribution in [0.25, 0.3) is 10.9 Å². The summed E-state index contributed by atoms with van der Waals surface area (Å²) in [6.07, 6.45) is 4.41. The highest BCUT2D eigenvalue weighted by Crippen LogP contribution is 2.40. The molecule has 7 nitrogen and oxygen atoms in total. The molecule has 1 aliphatic heterocycles. The first kappa shape index (κ1) is 20.4. The Balaban J connectivity index is 1.76. The number of benzene rings is 1. The van der Waals surface area contributed by atoms with E-state index in [0.29, 0.717) is 5.39 Å². The number of nitrogens with zero attached hydrogens (tertiary/aromatic N) is 3. The van der Waals surface area contributed by atoms with Gasteiger partial charge in [0.05, 0.1) is 17.0 Å². The molecule has 1 aromatic heterocycles. The molecule has 1 aliphatic carbocycles. The Hall–Kier alpha value is -2.85. The van der Waals surface area contributed by atoms with Gasteiger partial charge in [0, 0.05) is 42.4 Å². The van der Waals surface area contributed by atoms with Gasteiger partial charge in [-0.1, -0.05) is 0 Å². The molecule has 1 aromatic carbocycles. The summed E-state index contributed by atoms with van der Waals surface area (Å²) in [4.78, 5) is 26.6. The number of aromatic carboxylic acids is 1. The monoisotopic (exact) mass is 408 g/mol. The van der Waals surface area contributed by atoms with E-state index in [4.69, 9.17) is 5.73 Å². The number of carboxylic acid groups (broad SMARTS) is 1. The predicted octanol–water partition coefficient (Wildman–Crippen LogP) is 3.05. The van der Waals surface area contributed by atoms with Gasteiger partial charge in [-0.15, -0.1) is 0 Å². The summed E-state index contributed by atoms with van der Waals surface area (Å²) in [6.45, 7) is 7.38. The van der Waals surface area contributed by atoms with E-state index in [9.17, 15) is 20.0 Å². The summed E-state index contributed by atoms with van der Waals surface area (Å²) in [5, 5.41) is 19.3. The van der Waals surface area contributed by atoms with Crippen molar-refractivity contribution in [2.24, 2.45) is 17.1 Å². The van der Waals surface area contributed by atoms with Crippen LogP contribution >= 0.6 is 0 Å². The molecule has 0 bridgehead atoms. The molecule has 2 atom stereocenters. The lowest BCUT2D eigenvalue weighted by Crippen LogP contribution is -2.43. The van der Waals surface area contributed by atoms with Crippen molar-refractivity contribution in [2.45, 2.75) is 52.1 Å². The zero-order valence-electron chi connectivity index (χ0n) is 17.7. The Kier molecular flexibility index (Phi) is 4.86. The number of hydrogen-bond acceptors (Lipinski definition) is 5. The van der Waals surface area contributed by atoms with E-state index in [2.05, 4.69) is 11.0 Å². The Labute approximate surface area is 175 Å². The highest BCUT2D eigenvalue weighted by molar-refractivity contribution is 5.95. The number of carboxylic acids is 1. The van der Waals surface area contributed by atoms with Crippen LogP contribution in [0.1, 0.15) is 55.1 Å². The number of rotatable bonds is 5. The zero-order chi connectivity index (χ0) is 21.8. The van der Waals surface area contributed by atoms with E-state index in [-0.39, 0.29) is 23.6 Å². The van der Waals surface area contributed by atoms with Gasteiger partial charge < -0.3 is 20.3 Å². The lowest BCUT2D eigenvalue weighted by Gasteiger charge is -2.30. The normalized spacial score (nSPS) is 20.4. The van der Waals surface area contributed by atoms with Crippen molar-refractivity contribution in [3.05, 3.63) is 39.7 Å². The van der Waals surface area contributed by atoms with Crippen LogP contribution in [0.4, 0.5) is 5.69 Å². The zero-order valence-corrected chi connectivity index (χ0v) is 17.7. The molecule has 7 heteroatoms. The van der Waals surface area contributed by atoms with Gasteiger partial charge in [0.15, 0.2) is 0 Å². The van der Waals surface area contributed by atoms with Crippen LogP contribution in [0, 0.1) is 29.6 Å². The lowest BCUT2D eigenvalue weighted by atomic mass is 9.79. The predicted molar refractivity (Wildman–Crippen MR) is 116 cm³/mol. The Morgan fingerprint density at radius 1 is 1.33 bits per heavy atom. The van der Waals surface area contributed by atoms with E-state index < -0.39 is 16.8 Å². The maximum absolute atomic E-state index is 12.8. The molecule has 4 rings (SSSR count). The first-order valence-electron chi connectivity index (χ1n) is 10.5. The lowest BCUT2D eigenvalue weighted by molar-refractivity contribution is 0.0695. The summed E-state index contributed by atoms with van der Waals surface area (Å²) in [6, 6.07) is 6.04. The van der Waals surface area contributed by atoms with Crippen LogP contribution in [0.5, 0.6) is 0 Å². The molecule has 2 aliphatic rings. The summed E-state index contributed by atoms with van der Waals surface area (Å²) < 4.78 is 1.98. The highest BCUT2D eigenvalue weighted by Gasteiger charge is 2.37. The number of pyridine rings is 1. The second-order valence-electron chi connectivity index (χ2n) is 9.28. The van der Waals surface area contributed by atoms with Crippen molar-refractivity contribution in [3.63, 3.8) is 0 Å². The fourth-order valence-corrected chi connectivity index (χ4v) is 4.71. The summed E-state index contributed by atoms with van der Waals surface area (Å²) in [5.74, 6) is -0.968. The highest BCUT2D eigenvalue weighted by atomic mass is 16.4.